The number of benzene rings is 2. The standard InChI is InChI=1S/C30H41N3O5S/c1-19-12-11-13-20(2)25(19)38-17-23(34)31-22(16-21-14-9-8-10-15-21)24(35)27(37)33-18-30(6,7)39-28(33)26(36)32-29(3,4)5/h8-15,22,24,28,35H,16-18H2,1-7H3,(H,31,34)(H,32,36)/t22-,24-,28?/m0/s1. The maximum atomic E-state index is 13.7. The van der Waals surface area contributed by atoms with E-state index in [2.05, 4.69) is 10.6 Å². The molecule has 1 heterocycles. The van der Waals surface area contributed by atoms with Crippen LogP contribution in [0.3, 0.4) is 0 Å². The molecular formula is C30H41N3O5S. The number of nitrogens with zero attached hydrogens (tertiary/aromatic N) is 1. The number of aliphatic hydroxyl groups is 1. The Balaban J connectivity index is 1.79. The summed E-state index contributed by atoms with van der Waals surface area (Å²) in [6.07, 6.45) is -1.33. The molecule has 0 radical (unpaired) electrons. The average molecular weight is 556 g/mol. The first-order chi connectivity index (χ1) is 18.2. The third kappa shape index (κ3) is 8.47. The monoisotopic (exact) mass is 555 g/mol. The molecule has 1 aliphatic rings. The first-order valence-electron chi connectivity index (χ1n) is 13.2. The van der Waals surface area contributed by atoms with Crippen LogP contribution in [0.4, 0.5) is 0 Å². The summed E-state index contributed by atoms with van der Waals surface area (Å²) in [7, 11) is 0. The molecule has 212 valence electrons. The molecule has 3 atom stereocenters. The van der Waals surface area contributed by atoms with E-state index < -0.39 is 34.9 Å². The molecule has 0 spiro atoms. The Morgan fingerprint density at radius 2 is 1.69 bits per heavy atom. The second-order valence-electron chi connectivity index (χ2n) is 11.8. The van der Waals surface area contributed by atoms with Crippen LogP contribution in [0.25, 0.3) is 0 Å². The number of nitrogens with one attached hydrogen (secondary N) is 2. The van der Waals surface area contributed by atoms with Gasteiger partial charge in [0.1, 0.15) is 5.75 Å². The van der Waals surface area contributed by atoms with Crippen molar-refractivity contribution in [3.05, 3.63) is 65.2 Å². The van der Waals surface area contributed by atoms with Crippen LogP contribution >= 0.6 is 11.8 Å². The van der Waals surface area contributed by atoms with E-state index in [-0.39, 0.29) is 30.2 Å². The van der Waals surface area contributed by atoms with Gasteiger partial charge in [-0.25, -0.2) is 0 Å². The zero-order chi connectivity index (χ0) is 29.0. The van der Waals surface area contributed by atoms with Gasteiger partial charge in [0.15, 0.2) is 18.1 Å². The fourth-order valence-corrected chi connectivity index (χ4v) is 5.87. The molecule has 3 amide bonds. The zero-order valence-corrected chi connectivity index (χ0v) is 24.7. The fraction of sp³-hybridized carbons (Fsp3) is 0.500. The number of ether oxygens (including phenoxy) is 1. The van der Waals surface area contributed by atoms with Crippen LogP contribution in [0.5, 0.6) is 5.75 Å². The molecule has 3 rings (SSSR count). The molecule has 0 aliphatic carbocycles. The van der Waals surface area contributed by atoms with Crippen LogP contribution < -0.4 is 15.4 Å². The fourth-order valence-electron chi connectivity index (χ4n) is 4.58. The van der Waals surface area contributed by atoms with Gasteiger partial charge in [-0.1, -0.05) is 48.5 Å². The highest BCUT2D eigenvalue weighted by Gasteiger charge is 2.47. The molecule has 2 aromatic rings. The van der Waals surface area contributed by atoms with Gasteiger partial charge in [-0.15, -0.1) is 11.8 Å². The number of carbonyl (C=O) groups excluding carboxylic acids is 3. The Morgan fingerprint density at radius 3 is 2.28 bits per heavy atom. The molecule has 1 aliphatic heterocycles. The van der Waals surface area contributed by atoms with Crippen molar-refractivity contribution in [3.63, 3.8) is 0 Å². The van der Waals surface area contributed by atoms with Gasteiger partial charge in [0.05, 0.1) is 6.04 Å². The Kier molecular flexibility index (Phi) is 9.72. The first kappa shape index (κ1) is 30.5. The van der Waals surface area contributed by atoms with E-state index in [9.17, 15) is 19.5 Å². The van der Waals surface area contributed by atoms with Crippen molar-refractivity contribution in [2.45, 2.75) is 82.7 Å². The number of rotatable bonds is 9. The van der Waals surface area contributed by atoms with Crippen molar-refractivity contribution < 1.29 is 24.2 Å². The van der Waals surface area contributed by atoms with E-state index in [0.717, 1.165) is 16.7 Å². The molecule has 2 aromatic carbocycles. The van der Waals surface area contributed by atoms with E-state index in [1.165, 1.54) is 16.7 Å². The van der Waals surface area contributed by atoms with Crippen molar-refractivity contribution in [3.8, 4) is 5.75 Å². The summed E-state index contributed by atoms with van der Waals surface area (Å²) in [4.78, 5) is 41.2. The second kappa shape index (κ2) is 12.4. The third-order valence-electron chi connectivity index (χ3n) is 6.31. The number of thioether (sulfide) groups is 1. The Labute approximate surface area is 235 Å². The van der Waals surface area contributed by atoms with Crippen molar-refractivity contribution in [1.29, 1.82) is 0 Å². The van der Waals surface area contributed by atoms with Crippen LogP contribution in [-0.4, -0.2) is 68.7 Å². The van der Waals surface area contributed by atoms with Gasteiger partial charge in [0, 0.05) is 16.8 Å². The van der Waals surface area contributed by atoms with E-state index in [4.69, 9.17) is 4.74 Å². The normalized spacial score (nSPS) is 18.3. The zero-order valence-electron chi connectivity index (χ0n) is 23.9. The second-order valence-corrected chi connectivity index (χ2v) is 13.5. The number of amides is 3. The minimum absolute atomic E-state index is 0.228. The van der Waals surface area contributed by atoms with E-state index in [1.54, 1.807) is 0 Å². The van der Waals surface area contributed by atoms with Gasteiger partial charge in [-0.05, 0) is 71.6 Å². The minimum Gasteiger partial charge on any atom is -0.483 e. The van der Waals surface area contributed by atoms with Crippen molar-refractivity contribution >= 4 is 29.5 Å². The number of hydrogen-bond donors (Lipinski definition) is 3. The predicted octanol–water partition coefficient (Wildman–Crippen LogP) is 3.37. The van der Waals surface area contributed by atoms with Gasteiger partial charge in [0.2, 0.25) is 0 Å². The molecule has 0 aromatic heterocycles. The van der Waals surface area contributed by atoms with Crippen molar-refractivity contribution in [2.75, 3.05) is 13.2 Å². The SMILES string of the molecule is Cc1cccc(C)c1OCC(=O)N[C@@H](Cc1ccccc1)[C@H](O)C(=O)N1CC(C)(C)SC1C(=O)NC(C)(C)C. The maximum absolute atomic E-state index is 13.7. The number of para-hydroxylation sites is 1. The molecule has 0 saturated carbocycles. The van der Waals surface area contributed by atoms with Crippen molar-refractivity contribution in [1.82, 2.24) is 15.5 Å². The third-order valence-corrected chi connectivity index (χ3v) is 7.76. The Morgan fingerprint density at radius 1 is 1.08 bits per heavy atom. The van der Waals surface area contributed by atoms with Crippen LogP contribution in [-0.2, 0) is 20.8 Å². The average Bonchev–Trinajstić information content (AvgIpc) is 3.17. The lowest BCUT2D eigenvalue weighted by Gasteiger charge is -2.31. The van der Waals surface area contributed by atoms with Crippen molar-refractivity contribution in [2.24, 2.45) is 0 Å². The van der Waals surface area contributed by atoms with Crippen LogP contribution in [0.15, 0.2) is 48.5 Å². The number of aliphatic hydroxyl groups excluding tert-OH is 1. The summed E-state index contributed by atoms with van der Waals surface area (Å²) < 4.78 is 5.42. The van der Waals surface area contributed by atoms with Crippen LogP contribution in [0, 0.1) is 13.8 Å². The smallest absolute Gasteiger partial charge is 0.258 e. The largest absolute Gasteiger partial charge is 0.483 e. The van der Waals surface area contributed by atoms with Gasteiger partial charge in [-0.3, -0.25) is 14.4 Å². The lowest BCUT2D eigenvalue weighted by atomic mass is 9.99. The highest BCUT2D eigenvalue weighted by atomic mass is 32.2. The number of aryl methyl sites for hydroxylation is 2. The molecule has 3 N–H and O–H groups in total. The number of carbonyl (C=O) groups is 3. The Hall–Kier alpha value is -3.04. The molecule has 39 heavy (non-hydrogen) atoms. The summed E-state index contributed by atoms with van der Waals surface area (Å²) in [5.41, 5.74) is 2.19. The van der Waals surface area contributed by atoms with Crippen LogP contribution in [0.1, 0.15) is 51.3 Å². The molecule has 8 nitrogen and oxygen atoms in total. The minimum atomic E-state index is -1.56. The summed E-state index contributed by atoms with van der Waals surface area (Å²) in [6, 6.07) is 14.1. The molecule has 9 heteroatoms. The molecule has 1 unspecified atom stereocenters. The van der Waals surface area contributed by atoms with E-state index in [1.807, 2.05) is 97.0 Å². The van der Waals surface area contributed by atoms with E-state index >= 15 is 0 Å². The molecule has 1 fully saturated rings. The quantitative estimate of drug-likeness (QED) is 0.438. The predicted molar refractivity (Wildman–Crippen MR) is 155 cm³/mol. The highest BCUT2D eigenvalue weighted by Crippen LogP contribution is 2.40. The maximum Gasteiger partial charge on any atom is 0.258 e. The Bertz CT molecular complexity index is 1160. The summed E-state index contributed by atoms with van der Waals surface area (Å²) in [6.45, 7) is 13.4. The van der Waals surface area contributed by atoms with Crippen LogP contribution in [0.2, 0.25) is 0 Å². The summed E-state index contributed by atoms with van der Waals surface area (Å²) >= 11 is 1.38. The number of hydrogen-bond acceptors (Lipinski definition) is 6. The van der Waals surface area contributed by atoms with Gasteiger partial charge < -0.3 is 25.4 Å². The van der Waals surface area contributed by atoms with E-state index in [0.29, 0.717) is 5.75 Å². The molecule has 1 saturated heterocycles. The summed E-state index contributed by atoms with van der Waals surface area (Å²) in [5, 5.41) is 16.3. The molecule has 0 bridgehead atoms. The van der Waals surface area contributed by atoms with Gasteiger partial charge in [-0.2, -0.15) is 0 Å². The summed E-state index contributed by atoms with van der Waals surface area (Å²) in [5.74, 6) is -0.709. The van der Waals surface area contributed by atoms with Gasteiger partial charge in [0.25, 0.3) is 17.7 Å². The first-order valence-corrected chi connectivity index (χ1v) is 14.1. The lowest BCUT2D eigenvalue weighted by molar-refractivity contribution is -0.146. The topological polar surface area (TPSA) is 108 Å². The lowest BCUT2D eigenvalue weighted by Crippen LogP contribution is -2.57. The molecular weight excluding hydrogens is 514 g/mol. The highest BCUT2D eigenvalue weighted by molar-refractivity contribution is 8.02. The van der Waals surface area contributed by atoms with Gasteiger partial charge >= 0.3 is 0 Å².